The van der Waals surface area contributed by atoms with Gasteiger partial charge in [-0.1, -0.05) is 43.6 Å². The Hall–Kier alpha value is -2.11. The van der Waals surface area contributed by atoms with Gasteiger partial charge < -0.3 is 9.64 Å². The summed E-state index contributed by atoms with van der Waals surface area (Å²) < 4.78 is 7.84. The zero-order chi connectivity index (χ0) is 19.2. The Balaban J connectivity index is 1.71. The molecule has 6 heteroatoms. The molecule has 0 N–H and O–H groups in total. The zero-order valence-corrected chi connectivity index (χ0v) is 17.0. The Kier molecular flexibility index (Phi) is 6.69. The normalized spacial score (nSPS) is 12.6. The lowest BCUT2D eigenvalue weighted by Gasteiger charge is -2.19. The van der Waals surface area contributed by atoms with Crippen molar-refractivity contribution in [3.8, 4) is 17.1 Å². The van der Waals surface area contributed by atoms with Gasteiger partial charge in [0.15, 0.2) is 5.65 Å². The molecule has 2 heterocycles. The molecule has 0 radical (unpaired) electrons. The molecule has 144 valence electrons. The molecule has 0 aliphatic heterocycles. The molecule has 3 aromatic rings. The van der Waals surface area contributed by atoms with E-state index in [0.29, 0.717) is 10.9 Å². The molecule has 0 spiro atoms. The second-order valence-corrected chi connectivity index (χ2v) is 7.07. The van der Waals surface area contributed by atoms with Gasteiger partial charge in [0, 0.05) is 11.6 Å². The summed E-state index contributed by atoms with van der Waals surface area (Å²) in [6.45, 7) is 9.78. The summed E-state index contributed by atoms with van der Waals surface area (Å²) in [5, 5.41) is 5.31. The minimum absolute atomic E-state index is 0.109. The van der Waals surface area contributed by atoms with E-state index in [-0.39, 0.29) is 6.10 Å². The van der Waals surface area contributed by atoms with Crippen LogP contribution in [0.5, 0.6) is 5.88 Å². The summed E-state index contributed by atoms with van der Waals surface area (Å²) >= 11 is 6.34. The number of fused-ring (bicyclic) bond motifs is 1. The van der Waals surface area contributed by atoms with Crippen LogP contribution in [0.4, 0.5) is 0 Å². The summed E-state index contributed by atoms with van der Waals surface area (Å²) in [4.78, 5) is 6.85. The Morgan fingerprint density at radius 3 is 2.67 bits per heavy atom. The number of hydrogen-bond acceptors (Lipinski definition) is 4. The molecule has 3 rings (SSSR count). The Morgan fingerprint density at radius 1 is 1.15 bits per heavy atom. The fourth-order valence-corrected chi connectivity index (χ4v) is 3.41. The molecular formula is C21H27ClN4O. The van der Waals surface area contributed by atoms with Gasteiger partial charge in [-0.15, -0.1) is 5.10 Å². The highest BCUT2D eigenvalue weighted by Gasteiger charge is 2.12. The number of nitrogens with zero attached hydrogens (tertiary/aromatic N) is 4. The van der Waals surface area contributed by atoms with Crippen molar-refractivity contribution in [2.75, 3.05) is 19.6 Å². The van der Waals surface area contributed by atoms with Crippen molar-refractivity contribution in [3.05, 3.63) is 47.6 Å². The molecule has 0 fully saturated rings. The lowest BCUT2D eigenvalue weighted by Crippen LogP contribution is -2.25. The van der Waals surface area contributed by atoms with Crippen LogP contribution in [0.2, 0.25) is 5.02 Å². The maximum Gasteiger partial charge on any atom is 0.232 e. The van der Waals surface area contributed by atoms with Crippen LogP contribution < -0.4 is 4.74 Å². The molecule has 0 saturated carbocycles. The van der Waals surface area contributed by atoms with Crippen LogP contribution in [-0.4, -0.2) is 45.2 Å². The summed E-state index contributed by atoms with van der Waals surface area (Å²) in [5.74, 6) is 0.601. The Bertz CT molecular complexity index is 875. The molecule has 1 aromatic carbocycles. The van der Waals surface area contributed by atoms with Crippen LogP contribution >= 0.6 is 11.6 Å². The maximum atomic E-state index is 6.34. The zero-order valence-electron chi connectivity index (χ0n) is 16.2. The van der Waals surface area contributed by atoms with Gasteiger partial charge in [0.25, 0.3) is 0 Å². The van der Waals surface area contributed by atoms with E-state index in [2.05, 4.69) is 35.8 Å². The first kappa shape index (κ1) is 19.6. The van der Waals surface area contributed by atoms with Crippen LogP contribution in [0, 0.1) is 0 Å². The van der Waals surface area contributed by atoms with Crippen molar-refractivity contribution in [2.24, 2.45) is 0 Å². The molecule has 0 bridgehead atoms. The minimum Gasteiger partial charge on any atom is -0.474 e. The van der Waals surface area contributed by atoms with Gasteiger partial charge in [0.2, 0.25) is 5.88 Å². The van der Waals surface area contributed by atoms with Gasteiger partial charge in [-0.3, -0.25) is 0 Å². The first-order chi connectivity index (χ1) is 13.1. The van der Waals surface area contributed by atoms with E-state index >= 15 is 0 Å². The molecular weight excluding hydrogens is 360 g/mol. The highest BCUT2D eigenvalue weighted by atomic mass is 35.5. The molecule has 1 unspecified atom stereocenters. The van der Waals surface area contributed by atoms with Crippen LogP contribution in [0.1, 0.15) is 33.6 Å². The quantitative estimate of drug-likeness (QED) is 0.522. The lowest BCUT2D eigenvalue weighted by atomic mass is 10.2. The van der Waals surface area contributed by atoms with Gasteiger partial charge in [-0.2, -0.15) is 0 Å². The summed E-state index contributed by atoms with van der Waals surface area (Å²) in [6.07, 6.45) is 4.01. The van der Waals surface area contributed by atoms with Crippen LogP contribution in [0.3, 0.4) is 0 Å². The van der Waals surface area contributed by atoms with E-state index in [1.165, 1.54) is 0 Å². The summed E-state index contributed by atoms with van der Waals surface area (Å²) in [7, 11) is 0. The molecule has 1 atom stereocenters. The highest BCUT2D eigenvalue weighted by molar-refractivity contribution is 6.33. The monoisotopic (exact) mass is 386 g/mol. The van der Waals surface area contributed by atoms with Gasteiger partial charge in [-0.25, -0.2) is 9.50 Å². The molecule has 0 aliphatic rings. The SMILES string of the molecule is CCN(CC)CCCC(C)Oc1ccc2ncc(-c3ccccc3Cl)n2n1. The second kappa shape index (κ2) is 9.20. The van der Waals surface area contributed by atoms with E-state index in [4.69, 9.17) is 16.3 Å². The van der Waals surface area contributed by atoms with Gasteiger partial charge >= 0.3 is 0 Å². The van der Waals surface area contributed by atoms with E-state index in [0.717, 1.165) is 49.4 Å². The fraction of sp³-hybridized carbons (Fsp3) is 0.429. The number of hydrogen-bond donors (Lipinski definition) is 0. The average molecular weight is 387 g/mol. The molecule has 2 aromatic heterocycles. The van der Waals surface area contributed by atoms with Crippen LogP contribution in [0.15, 0.2) is 42.6 Å². The fourth-order valence-electron chi connectivity index (χ4n) is 3.18. The molecule has 0 aliphatic carbocycles. The predicted molar refractivity (Wildman–Crippen MR) is 111 cm³/mol. The first-order valence-electron chi connectivity index (χ1n) is 9.61. The Morgan fingerprint density at radius 2 is 1.93 bits per heavy atom. The summed E-state index contributed by atoms with van der Waals surface area (Å²) in [6, 6.07) is 11.5. The van der Waals surface area contributed by atoms with Crippen LogP contribution in [-0.2, 0) is 0 Å². The standard InChI is InChI=1S/C21H27ClN4O/c1-4-25(5-2)14-8-9-16(3)27-21-13-12-20-23-15-19(26(20)24-21)17-10-6-7-11-18(17)22/h6-7,10-13,15-16H,4-5,8-9,14H2,1-3H3. The van der Waals surface area contributed by atoms with Crippen molar-refractivity contribution >= 4 is 17.2 Å². The largest absolute Gasteiger partial charge is 0.474 e. The number of benzene rings is 1. The Labute approximate surface area is 165 Å². The first-order valence-corrected chi connectivity index (χ1v) is 9.98. The number of imidazole rings is 1. The van der Waals surface area contributed by atoms with Crippen molar-refractivity contribution in [1.29, 1.82) is 0 Å². The van der Waals surface area contributed by atoms with Crippen molar-refractivity contribution in [1.82, 2.24) is 19.5 Å². The van der Waals surface area contributed by atoms with E-state index in [1.807, 2.05) is 36.4 Å². The van der Waals surface area contributed by atoms with Crippen molar-refractivity contribution in [3.63, 3.8) is 0 Å². The van der Waals surface area contributed by atoms with Crippen molar-refractivity contribution < 1.29 is 4.74 Å². The number of ether oxygens (including phenoxy) is 1. The third-order valence-electron chi connectivity index (χ3n) is 4.79. The topological polar surface area (TPSA) is 42.7 Å². The minimum atomic E-state index is 0.109. The third-order valence-corrected chi connectivity index (χ3v) is 5.12. The average Bonchev–Trinajstić information content (AvgIpc) is 3.09. The molecule has 5 nitrogen and oxygen atoms in total. The van der Waals surface area contributed by atoms with E-state index in [1.54, 1.807) is 10.7 Å². The third kappa shape index (κ3) is 4.79. The van der Waals surface area contributed by atoms with Gasteiger partial charge in [0.05, 0.1) is 23.0 Å². The number of aromatic nitrogens is 3. The number of halogens is 1. The van der Waals surface area contributed by atoms with Gasteiger partial charge in [-0.05, 0) is 51.5 Å². The highest BCUT2D eigenvalue weighted by Crippen LogP contribution is 2.28. The number of rotatable bonds is 9. The smallest absolute Gasteiger partial charge is 0.232 e. The van der Waals surface area contributed by atoms with Crippen molar-refractivity contribution in [2.45, 2.75) is 39.7 Å². The molecule has 0 amide bonds. The van der Waals surface area contributed by atoms with Gasteiger partial charge in [0.1, 0.15) is 0 Å². The molecule has 0 saturated heterocycles. The summed E-state index contributed by atoms with van der Waals surface area (Å²) in [5.41, 5.74) is 2.53. The second-order valence-electron chi connectivity index (χ2n) is 6.66. The van der Waals surface area contributed by atoms with Crippen LogP contribution in [0.25, 0.3) is 16.9 Å². The lowest BCUT2D eigenvalue weighted by molar-refractivity contribution is 0.186. The molecule has 27 heavy (non-hydrogen) atoms. The predicted octanol–water partition coefficient (Wildman–Crippen LogP) is 4.94. The van der Waals surface area contributed by atoms with E-state index in [9.17, 15) is 0 Å². The van der Waals surface area contributed by atoms with E-state index < -0.39 is 0 Å². The maximum absolute atomic E-state index is 6.34.